The lowest BCUT2D eigenvalue weighted by Gasteiger charge is -2.08. The van der Waals surface area contributed by atoms with E-state index in [1.54, 1.807) is 6.92 Å². The van der Waals surface area contributed by atoms with Crippen LogP contribution in [-0.2, 0) is 6.42 Å². The van der Waals surface area contributed by atoms with E-state index < -0.39 is 28.4 Å². The van der Waals surface area contributed by atoms with Gasteiger partial charge in [0.05, 0.1) is 0 Å². The highest BCUT2D eigenvalue weighted by Crippen LogP contribution is 2.40. The van der Waals surface area contributed by atoms with Crippen molar-refractivity contribution in [1.82, 2.24) is 0 Å². The van der Waals surface area contributed by atoms with Gasteiger partial charge in [-0.1, -0.05) is 6.92 Å². The zero-order chi connectivity index (χ0) is 14.2. The minimum atomic E-state index is -0.683. The summed E-state index contributed by atoms with van der Waals surface area (Å²) >= 11 is 0. The zero-order valence-corrected chi connectivity index (χ0v) is 10.0. The Morgan fingerprint density at radius 2 is 1.58 bits per heavy atom. The molecule has 0 saturated heterocycles. The van der Waals surface area contributed by atoms with Gasteiger partial charge >= 0.3 is 0 Å². The quantitative estimate of drug-likeness (QED) is 0.614. The van der Waals surface area contributed by atoms with E-state index in [2.05, 4.69) is 0 Å². The van der Waals surface area contributed by atoms with E-state index in [9.17, 15) is 25.2 Å². The van der Waals surface area contributed by atoms with Crippen LogP contribution in [0.4, 0.5) is 0 Å². The average Bonchev–Trinajstić information content (AvgIpc) is 2.38. The molecule has 6 heteroatoms. The van der Waals surface area contributed by atoms with Gasteiger partial charge < -0.3 is 24.8 Å². The van der Waals surface area contributed by atoms with Gasteiger partial charge in [-0.05, 0) is 12.1 Å². The second-order valence-electron chi connectivity index (χ2n) is 3.97. The summed E-state index contributed by atoms with van der Waals surface area (Å²) in [5.74, 6) is -2.29. The Kier molecular flexibility index (Phi) is 3.08. The first-order valence-corrected chi connectivity index (χ1v) is 5.55. The SMILES string of the molecule is CCc1cc(=O)c(O)c(-c2cc(O)c(O)c(O)c2)o1. The number of phenols is 3. The Morgan fingerprint density at radius 3 is 2.11 bits per heavy atom. The predicted molar refractivity (Wildman–Crippen MR) is 66.5 cm³/mol. The van der Waals surface area contributed by atoms with Gasteiger partial charge in [-0.3, -0.25) is 4.79 Å². The van der Waals surface area contributed by atoms with Crippen LogP contribution in [0.25, 0.3) is 11.3 Å². The molecule has 6 nitrogen and oxygen atoms in total. The fraction of sp³-hybridized carbons (Fsp3) is 0.154. The number of aromatic hydroxyl groups is 4. The van der Waals surface area contributed by atoms with Crippen LogP contribution >= 0.6 is 0 Å². The molecule has 100 valence electrons. The third-order valence-electron chi connectivity index (χ3n) is 2.65. The van der Waals surface area contributed by atoms with E-state index >= 15 is 0 Å². The first kappa shape index (κ1) is 12.8. The fourth-order valence-electron chi connectivity index (χ4n) is 1.64. The minimum Gasteiger partial charge on any atom is -0.504 e. The Balaban J connectivity index is 2.71. The summed E-state index contributed by atoms with van der Waals surface area (Å²) in [5.41, 5.74) is -0.539. The second kappa shape index (κ2) is 4.56. The average molecular weight is 264 g/mol. The molecule has 2 rings (SSSR count). The fourth-order valence-corrected chi connectivity index (χ4v) is 1.64. The van der Waals surface area contributed by atoms with Gasteiger partial charge in [-0.2, -0.15) is 0 Å². The Hall–Kier alpha value is -2.63. The van der Waals surface area contributed by atoms with Gasteiger partial charge in [0.25, 0.3) is 0 Å². The van der Waals surface area contributed by atoms with Gasteiger partial charge in [-0.15, -0.1) is 0 Å². The molecule has 0 atom stereocenters. The number of rotatable bonds is 2. The van der Waals surface area contributed by atoms with Crippen LogP contribution in [0.15, 0.2) is 27.4 Å². The van der Waals surface area contributed by atoms with Crippen LogP contribution in [0.5, 0.6) is 23.0 Å². The third-order valence-corrected chi connectivity index (χ3v) is 2.65. The molecule has 0 saturated carbocycles. The van der Waals surface area contributed by atoms with Crippen LogP contribution in [0.1, 0.15) is 12.7 Å². The highest BCUT2D eigenvalue weighted by molar-refractivity contribution is 5.70. The van der Waals surface area contributed by atoms with Crippen molar-refractivity contribution in [2.75, 3.05) is 0 Å². The van der Waals surface area contributed by atoms with Crippen LogP contribution < -0.4 is 5.43 Å². The second-order valence-corrected chi connectivity index (χ2v) is 3.97. The lowest BCUT2D eigenvalue weighted by Crippen LogP contribution is -2.02. The zero-order valence-electron chi connectivity index (χ0n) is 10.0. The van der Waals surface area contributed by atoms with E-state index in [1.807, 2.05) is 0 Å². The molecule has 0 fully saturated rings. The first-order chi connectivity index (χ1) is 8.93. The van der Waals surface area contributed by atoms with Crippen molar-refractivity contribution in [2.45, 2.75) is 13.3 Å². The number of aryl methyl sites for hydroxylation is 1. The van der Waals surface area contributed by atoms with Gasteiger partial charge in [0.2, 0.25) is 11.2 Å². The van der Waals surface area contributed by atoms with Gasteiger partial charge in [0, 0.05) is 18.1 Å². The summed E-state index contributed by atoms with van der Waals surface area (Å²) in [4.78, 5) is 11.5. The van der Waals surface area contributed by atoms with Crippen molar-refractivity contribution in [3.8, 4) is 34.3 Å². The standard InChI is InChI=1S/C13H12O6/c1-2-7-5-10(16)12(18)13(19-7)6-3-8(14)11(17)9(15)4-6/h3-5,14-15,17-18H,2H2,1H3. The van der Waals surface area contributed by atoms with Crippen molar-refractivity contribution in [3.05, 3.63) is 34.2 Å². The number of benzene rings is 1. The van der Waals surface area contributed by atoms with E-state index in [1.165, 1.54) is 6.07 Å². The van der Waals surface area contributed by atoms with E-state index in [0.29, 0.717) is 12.2 Å². The molecule has 1 aromatic heterocycles. The summed E-state index contributed by atoms with van der Waals surface area (Å²) in [6.07, 6.45) is 0.443. The normalized spacial score (nSPS) is 10.6. The number of hydrogen-bond acceptors (Lipinski definition) is 6. The Bertz CT molecular complexity index is 663. The van der Waals surface area contributed by atoms with Gasteiger partial charge in [0.1, 0.15) is 5.76 Å². The minimum absolute atomic E-state index is 0.0812. The molecular formula is C13H12O6. The molecule has 0 aliphatic carbocycles. The topological polar surface area (TPSA) is 111 Å². The highest BCUT2D eigenvalue weighted by atomic mass is 16.4. The molecule has 4 N–H and O–H groups in total. The maximum Gasteiger partial charge on any atom is 0.227 e. The summed E-state index contributed by atoms with van der Waals surface area (Å²) in [5, 5.41) is 37.8. The third kappa shape index (κ3) is 2.20. The lowest BCUT2D eigenvalue weighted by molar-refractivity contribution is 0.367. The molecule has 0 aliphatic heterocycles. The molecule has 19 heavy (non-hydrogen) atoms. The molecule has 0 spiro atoms. The lowest BCUT2D eigenvalue weighted by atomic mass is 10.1. The van der Waals surface area contributed by atoms with Crippen LogP contribution in [0, 0.1) is 0 Å². The smallest absolute Gasteiger partial charge is 0.227 e. The van der Waals surface area contributed by atoms with Crippen LogP contribution in [0.2, 0.25) is 0 Å². The molecule has 1 aromatic carbocycles. The molecular weight excluding hydrogens is 252 g/mol. The molecule has 2 aromatic rings. The van der Waals surface area contributed by atoms with E-state index in [0.717, 1.165) is 12.1 Å². The van der Waals surface area contributed by atoms with Crippen molar-refractivity contribution < 1.29 is 24.8 Å². The Morgan fingerprint density at radius 1 is 1.00 bits per heavy atom. The predicted octanol–water partition coefficient (Wildman–Crippen LogP) is 1.69. The summed E-state index contributed by atoms with van der Waals surface area (Å²) in [6, 6.07) is 3.32. The molecule has 0 radical (unpaired) electrons. The first-order valence-electron chi connectivity index (χ1n) is 5.55. The molecule has 0 unspecified atom stereocenters. The van der Waals surface area contributed by atoms with Crippen LogP contribution in [0.3, 0.4) is 0 Å². The van der Waals surface area contributed by atoms with Crippen molar-refractivity contribution >= 4 is 0 Å². The highest BCUT2D eigenvalue weighted by Gasteiger charge is 2.17. The number of hydrogen-bond donors (Lipinski definition) is 4. The molecule has 1 heterocycles. The molecule has 0 aliphatic rings. The monoisotopic (exact) mass is 264 g/mol. The summed E-state index contributed by atoms with van der Waals surface area (Å²) in [7, 11) is 0. The maximum absolute atomic E-state index is 11.5. The van der Waals surface area contributed by atoms with Crippen LogP contribution in [-0.4, -0.2) is 20.4 Å². The number of phenolic OH excluding ortho intramolecular Hbond substituents is 3. The van der Waals surface area contributed by atoms with Crippen molar-refractivity contribution in [1.29, 1.82) is 0 Å². The summed E-state index contributed by atoms with van der Waals surface area (Å²) < 4.78 is 5.32. The maximum atomic E-state index is 11.5. The Labute approximate surface area is 107 Å². The molecule has 0 bridgehead atoms. The van der Waals surface area contributed by atoms with Crippen molar-refractivity contribution in [2.24, 2.45) is 0 Å². The summed E-state index contributed by atoms with van der Waals surface area (Å²) in [6.45, 7) is 1.77. The molecule has 0 amide bonds. The van der Waals surface area contributed by atoms with Gasteiger partial charge in [-0.25, -0.2) is 0 Å². The largest absolute Gasteiger partial charge is 0.504 e. The van der Waals surface area contributed by atoms with E-state index in [4.69, 9.17) is 4.42 Å². The van der Waals surface area contributed by atoms with Crippen molar-refractivity contribution in [3.63, 3.8) is 0 Å². The van der Waals surface area contributed by atoms with E-state index in [-0.39, 0.29) is 11.3 Å². The van der Waals surface area contributed by atoms with Gasteiger partial charge in [0.15, 0.2) is 23.0 Å².